The van der Waals surface area contributed by atoms with Crippen molar-refractivity contribution in [3.63, 3.8) is 0 Å². The maximum absolute atomic E-state index is 11.4. The minimum Gasteiger partial charge on any atom is -0.348 e. The van der Waals surface area contributed by atoms with E-state index in [2.05, 4.69) is 15.0 Å². The zero-order chi connectivity index (χ0) is 14.6. The van der Waals surface area contributed by atoms with Crippen LogP contribution in [0.25, 0.3) is 11.2 Å². The summed E-state index contributed by atoms with van der Waals surface area (Å²) in [6.07, 6.45) is 0.778. The molecule has 4 heterocycles. The first kappa shape index (κ1) is 13.8. The maximum atomic E-state index is 11.4. The number of hydrogen-bond donors (Lipinski definition) is 0. The van der Waals surface area contributed by atoms with Crippen LogP contribution in [0, 0.1) is 0 Å². The van der Waals surface area contributed by atoms with Crippen molar-refractivity contribution < 1.29 is 17.3 Å². The summed E-state index contributed by atoms with van der Waals surface area (Å²) in [6, 6.07) is 0. The molecule has 0 amide bonds. The fourth-order valence-corrected chi connectivity index (χ4v) is 3.76. The second kappa shape index (κ2) is 5.11. The van der Waals surface area contributed by atoms with Crippen molar-refractivity contribution >= 4 is 45.7 Å². The number of ether oxygens (including phenoxy) is 1. The molecule has 21 heavy (non-hydrogen) atoms. The molecule has 0 bridgehead atoms. The lowest BCUT2D eigenvalue weighted by atomic mass is 10.1. The van der Waals surface area contributed by atoms with Crippen molar-refractivity contribution in [2.75, 3.05) is 5.88 Å². The summed E-state index contributed by atoms with van der Waals surface area (Å²) in [4.78, 5) is 12.2. The van der Waals surface area contributed by atoms with Gasteiger partial charge in [-0.3, -0.25) is 12.9 Å². The lowest BCUT2D eigenvalue weighted by Gasteiger charge is -2.16. The number of rotatable bonds is 2. The largest absolute Gasteiger partial charge is 0.348 e. The molecule has 2 aromatic rings. The summed E-state index contributed by atoms with van der Waals surface area (Å²) in [5, 5.41) is 0.245. The summed E-state index contributed by atoms with van der Waals surface area (Å²) >= 11 is 10.0. The molecule has 2 aliphatic rings. The zero-order valence-electron chi connectivity index (χ0n) is 10.3. The SMILES string of the molecule is O=S1OC2C(O1)[C@@H](CCl)O[C@H]2n1cnc2c(Cl)ncnc21. The normalized spacial score (nSPS) is 35.4. The quantitative estimate of drug-likeness (QED) is 0.589. The molecule has 5 atom stereocenters. The first-order chi connectivity index (χ1) is 10.2. The van der Waals surface area contributed by atoms with Gasteiger partial charge in [0, 0.05) is 0 Å². The molecular weight excluding hydrogens is 343 g/mol. The van der Waals surface area contributed by atoms with Crippen LogP contribution in [0.15, 0.2) is 12.7 Å². The first-order valence-electron chi connectivity index (χ1n) is 5.99. The minimum absolute atomic E-state index is 0.195. The molecule has 2 aromatic heterocycles. The van der Waals surface area contributed by atoms with E-state index in [0.29, 0.717) is 11.2 Å². The Hall–Kier alpha value is -0.840. The van der Waals surface area contributed by atoms with Gasteiger partial charge in [0.25, 0.3) is 0 Å². The molecule has 4 rings (SSSR count). The lowest BCUT2D eigenvalue weighted by molar-refractivity contribution is -0.0246. The molecule has 2 fully saturated rings. The fraction of sp³-hybridized carbons (Fsp3) is 0.500. The highest BCUT2D eigenvalue weighted by Crippen LogP contribution is 2.40. The monoisotopic (exact) mass is 350 g/mol. The Bertz CT molecular complexity index is 728. The zero-order valence-corrected chi connectivity index (χ0v) is 12.6. The van der Waals surface area contributed by atoms with Crippen LogP contribution in [0.4, 0.5) is 0 Å². The number of aromatic nitrogens is 4. The number of halogens is 2. The van der Waals surface area contributed by atoms with Crippen LogP contribution in [-0.2, 0) is 24.5 Å². The van der Waals surface area contributed by atoms with Gasteiger partial charge in [0.15, 0.2) is 23.1 Å². The van der Waals surface area contributed by atoms with E-state index in [9.17, 15) is 4.21 Å². The fourth-order valence-electron chi connectivity index (χ4n) is 2.49. The van der Waals surface area contributed by atoms with E-state index in [0.717, 1.165) is 0 Å². The molecule has 112 valence electrons. The van der Waals surface area contributed by atoms with Crippen molar-refractivity contribution in [3.8, 4) is 0 Å². The standard InChI is InChI=1S/C10H8Cl2N4O4S/c11-1-4-6-7(20-21(17)19-6)10(18-4)16-3-15-5-8(12)13-2-14-9(5)16/h2-4,6-7,10H,1H2/t4-,6?,7?,10-,21?/m1/s1. The maximum Gasteiger partial charge on any atom is 0.305 e. The van der Waals surface area contributed by atoms with E-state index in [1.807, 2.05) is 0 Å². The van der Waals surface area contributed by atoms with Crippen molar-refractivity contribution in [1.29, 1.82) is 0 Å². The summed E-state index contributed by atoms with van der Waals surface area (Å²) < 4.78 is 29.4. The molecule has 0 spiro atoms. The average Bonchev–Trinajstić information content (AvgIpc) is 3.12. The van der Waals surface area contributed by atoms with Gasteiger partial charge in [0.2, 0.25) is 0 Å². The Morgan fingerprint density at radius 1 is 1.29 bits per heavy atom. The van der Waals surface area contributed by atoms with Crippen LogP contribution in [0.3, 0.4) is 0 Å². The highest BCUT2D eigenvalue weighted by Gasteiger charge is 2.53. The molecule has 11 heteroatoms. The summed E-state index contributed by atoms with van der Waals surface area (Å²) in [6.45, 7) is 0. The number of hydrogen-bond acceptors (Lipinski definition) is 7. The second-order valence-corrected chi connectivity index (χ2v) is 5.99. The molecule has 0 N–H and O–H groups in total. The summed E-state index contributed by atoms with van der Waals surface area (Å²) in [5.74, 6) is 0.195. The first-order valence-corrected chi connectivity index (χ1v) is 7.91. The van der Waals surface area contributed by atoms with Crippen molar-refractivity contribution in [3.05, 3.63) is 17.8 Å². The van der Waals surface area contributed by atoms with E-state index < -0.39 is 35.9 Å². The summed E-state index contributed by atoms with van der Waals surface area (Å²) in [7, 11) is 0. The number of fused-ring (bicyclic) bond motifs is 2. The third-order valence-corrected chi connectivity index (χ3v) is 4.74. The average molecular weight is 351 g/mol. The van der Waals surface area contributed by atoms with Gasteiger partial charge in [-0.25, -0.2) is 15.0 Å². The van der Waals surface area contributed by atoms with E-state index in [4.69, 9.17) is 36.3 Å². The van der Waals surface area contributed by atoms with Crippen molar-refractivity contribution in [2.45, 2.75) is 24.5 Å². The van der Waals surface area contributed by atoms with Gasteiger partial charge in [-0.15, -0.1) is 11.6 Å². The molecule has 0 aliphatic carbocycles. The molecular formula is C10H8Cl2N4O4S. The molecule has 8 nitrogen and oxygen atoms in total. The minimum atomic E-state index is -1.81. The Balaban J connectivity index is 1.78. The Morgan fingerprint density at radius 2 is 2.10 bits per heavy atom. The third kappa shape index (κ3) is 2.07. The Labute approximate surface area is 131 Å². The predicted molar refractivity (Wildman–Crippen MR) is 72.9 cm³/mol. The van der Waals surface area contributed by atoms with Crippen LogP contribution < -0.4 is 0 Å². The molecule has 3 unspecified atom stereocenters. The van der Waals surface area contributed by atoms with E-state index in [1.165, 1.54) is 12.7 Å². The number of imidazole rings is 1. The van der Waals surface area contributed by atoms with E-state index >= 15 is 0 Å². The number of nitrogens with zero attached hydrogens (tertiary/aromatic N) is 4. The van der Waals surface area contributed by atoms with Crippen LogP contribution >= 0.6 is 23.2 Å². The van der Waals surface area contributed by atoms with Gasteiger partial charge in [0.05, 0.1) is 12.2 Å². The van der Waals surface area contributed by atoms with Crippen molar-refractivity contribution in [1.82, 2.24) is 19.5 Å². The van der Waals surface area contributed by atoms with Crippen LogP contribution in [0.2, 0.25) is 5.15 Å². The van der Waals surface area contributed by atoms with Gasteiger partial charge in [-0.1, -0.05) is 11.6 Å². The topological polar surface area (TPSA) is 88.4 Å². The number of alkyl halides is 1. The van der Waals surface area contributed by atoms with Gasteiger partial charge < -0.3 is 4.74 Å². The Kier molecular flexibility index (Phi) is 3.36. The van der Waals surface area contributed by atoms with Gasteiger partial charge >= 0.3 is 11.4 Å². The molecule has 2 aliphatic heterocycles. The summed E-state index contributed by atoms with van der Waals surface area (Å²) in [5.41, 5.74) is 0.948. The molecule has 0 aromatic carbocycles. The predicted octanol–water partition coefficient (Wildman–Crippen LogP) is 0.979. The molecule has 0 radical (unpaired) electrons. The molecule has 2 saturated heterocycles. The van der Waals surface area contributed by atoms with Crippen LogP contribution in [0.1, 0.15) is 6.23 Å². The smallest absolute Gasteiger partial charge is 0.305 e. The van der Waals surface area contributed by atoms with Crippen molar-refractivity contribution in [2.24, 2.45) is 0 Å². The van der Waals surface area contributed by atoms with Crippen LogP contribution in [0.5, 0.6) is 0 Å². The van der Waals surface area contributed by atoms with Gasteiger partial charge in [0.1, 0.15) is 24.1 Å². The van der Waals surface area contributed by atoms with Crippen LogP contribution in [-0.4, -0.2) is 47.9 Å². The Morgan fingerprint density at radius 3 is 2.90 bits per heavy atom. The van der Waals surface area contributed by atoms with Gasteiger partial charge in [-0.2, -0.15) is 4.21 Å². The lowest BCUT2D eigenvalue weighted by Crippen LogP contribution is -2.29. The highest BCUT2D eigenvalue weighted by molar-refractivity contribution is 7.75. The highest BCUT2D eigenvalue weighted by atomic mass is 35.5. The van der Waals surface area contributed by atoms with E-state index in [1.54, 1.807) is 4.57 Å². The van der Waals surface area contributed by atoms with E-state index in [-0.39, 0.29) is 11.0 Å². The third-order valence-electron chi connectivity index (χ3n) is 3.41. The molecule has 0 saturated carbocycles. The van der Waals surface area contributed by atoms with Gasteiger partial charge in [-0.05, 0) is 0 Å². The second-order valence-electron chi connectivity index (χ2n) is 4.53.